The Hall–Kier alpha value is -2.30. The average Bonchev–Trinajstić information content (AvgIpc) is 3.15. The summed E-state index contributed by atoms with van der Waals surface area (Å²) in [5, 5.41) is 0. The molecule has 0 radical (unpaired) electrons. The predicted molar refractivity (Wildman–Crippen MR) is 81.1 cm³/mol. The monoisotopic (exact) mass is 282 g/mol. The Labute approximate surface area is 122 Å². The molecule has 1 saturated carbocycles. The molecule has 0 saturated heterocycles. The number of H-pyrrole nitrogens is 1. The van der Waals surface area contributed by atoms with E-state index in [0.29, 0.717) is 11.8 Å². The van der Waals surface area contributed by atoms with Crippen LogP contribution in [0.4, 0.5) is 0 Å². The van der Waals surface area contributed by atoms with E-state index in [1.807, 2.05) is 24.9 Å². The van der Waals surface area contributed by atoms with E-state index in [1.54, 1.807) is 7.11 Å². The molecule has 2 atom stereocenters. The highest BCUT2D eigenvalue weighted by atomic mass is 16.5. The number of imidazole rings is 1. The second kappa shape index (κ2) is 4.62. The van der Waals surface area contributed by atoms with Gasteiger partial charge in [-0.1, -0.05) is 6.92 Å². The highest BCUT2D eigenvalue weighted by Gasteiger charge is 2.31. The maximum atomic E-state index is 5.19. The summed E-state index contributed by atoms with van der Waals surface area (Å²) in [5.41, 5.74) is 5.55. The number of aromatic nitrogens is 4. The van der Waals surface area contributed by atoms with Gasteiger partial charge in [-0.3, -0.25) is 4.40 Å². The molecule has 108 valence electrons. The van der Waals surface area contributed by atoms with Gasteiger partial charge in [0.25, 0.3) is 0 Å². The molecule has 0 amide bonds. The van der Waals surface area contributed by atoms with E-state index in [2.05, 4.69) is 32.3 Å². The van der Waals surface area contributed by atoms with Gasteiger partial charge in [0.1, 0.15) is 0 Å². The fourth-order valence-electron chi connectivity index (χ4n) is 3.54. The molecule has 0 aliphatic heterocycles. The molecule has 4 rings (SSSR count). The topological polar surface area (TPSA) is 55.2 Å². The summed E-state index contributed by atoms with van der Waals surface area (Å²) in [6, 6.07) is 2.06. The van der Waals surface area contributed by atoms with Crippen molar-refractivity contribution < 1.29 is 4.74 Å². The molecule has 0 aromatic carbocycles. The number of nitrogens with one attached hydrogen (secondary N) is 1. The lowest BCUT2D eigenvalue weighted by atomic mass is 9.95. The van der Waals surface area contributed by atoms with Gasteiger partial charge in [-0.05, 0) is 30.4 Å². The summed E-state index contributed by atoms with van der Waals surface area (Å²) in [4.78, 5) is 12.1. The smallest absolute Gasteiger partial charge is 0.156 e. The van der Waals surface area contributed by atoms with Crippen molar-refractivity contribution in [1.29, 1.82) is 0 Å². The van der Waals surface area contributed by atoms with Crippen LogP contribution >= 0.6 is 0 Å². The minimum Gasteiger partial charge on any atom is -0.504 e. The standard InChI is InChI=1S/C16H18N4O/c1-10-5-11(9-21-2)6-12(10)14-7-18-15-8-19-16-13(20(14)15)3-4-17-16/h3-4,7-10,12,17H,5-6H2,1-2H3/b11-9-. The van der Waals surface area contributed by atoms with E-state index < -0.39 is 0 Å². The molecule has 5 nitrogen and oxygen atoms in total. The summed E-state index contributed by atoms with van der Waals surface area (Å²) in [6.07, 6.45) is 9.78. The van der Waals surface area contributed by atoms with E-state index >= 15 is 0 Å². The molecule has 0 spiro atoms. The van der Waals surface area contributed by atoms with E-state index in [9.17, 15) is 0 Å². The van der Waals surface area contributed by atoms with Crippen molar-refractivity contribution in [2.75, 3.05) is 7.11 Å². The van der Waals surface area contributed by atoms with Crippen molar-refractivity contribution in [3.05, 3.63) is 42.2 Å². The van der Waals surface area contributed by atoms with Crippen LogP contribution in [0.2, 0.25) is 0 Å². The van der Waals surface area contributed by atoms with Crippen LogP contribution in [0.25, 0.3) is 16.8 Å². The molecule has 2 unspecified atom stereocenters. The van der Waals surface area contributed by atoms with Crippen LogP contribution in [0.5, 0.6) is 0 Å². The summed E-state index contributed by atoms with van der Waals surface area (Å²) in [5.74, 6) is 1.07. The summed E-state index contributed by atoms with van der Waals surface area (Å²) >= 11 is 0. The Bertz CT molecular complexity index is 829. The van der Waals surface area contributed by atoms with Crippen molar-refractivity contribution in [3.8, 4) is 0 Å². The molecule has 3 heterocycles. The first-order chi connectivity index (χ1) is 10.3. The molecule has 21 heavy (non-hydrogen) atoms. The van der Waals surface area contributed by atoms with Gasteiger partial charge in [-0.15, -0.1) is 0 Å². The van der Waals surface area contributed by atoms with E-state index in [0.717, 1.165) is 29.7 Å². The van der Waals surface area contributed by atoms with Gasteiger partial charge in [-0.2, -0.15) is 0 Å². The van der Waals surface area contributed by atoms with Gasteiger partial charge in [0.15, 0.2) is 11.3 Å². The first-order valence-corrected chi connectivity index (χ1v) is 7.28. The Morgan fingerprint density at radius 1 is 1.33 bits per heavy atom. The van der Waals surface area contributed by atoms with Crippen molar-refractivity contribution >= 4 is 16.8 Å². The number of aromatic amines is 1. The lowest BCUT2D eigenvalue weighted by molar-refractivity contribution is 0.332. The zero-order chi connectivity index (χ0) is 14.4. The Kier molecular flexibility index (Phi) is 2.74. The second-order valence-corrected chi connectivity index (χ2v) is 5.85. The van der Waals surface area contributed by atoms with Crippen LogP contribution in [-0.4, -0.2) is 26.5 Å². The quantitative estimate of drug-likeness (QED) is 0.734. The first kappa shape index (κ1) is 12.4. The molecule has 0 bridgehead atoms. The molecule has 1 fully saturated rings. The fraction of sp³-hybridized carbons (Fsp3) is 0.375. The molecule has 5 heteroatoms. The fourth-order valence-corrected chi connectivity index (χ4v) is 3.54. The van der Waals surface area contributed by atoms with E-state index in [-0.39, 0.29) is 0 Å². The minimum absolute atomic E-state index is 0.474. The van der Waals surface area contributed by atoms with Gasteiger partial charge in [0.05, 0.1) is 25.1 Å². The average molecular weight is 282 g/mol. The highest BCUT2D eigenvalue weighted by molar-refractivity contribution is 5.74. The number of ether oxygens (including phenoxy) is 1. The molecule has 3 aromatic rings. The summed E-state index contributed by atoms with van der Waals surface area (Å²) in [6.45, 7) is 2.30. The Morgan fingerprint density at radius 2 is 2.24 bits per heavy atom. The number of rotatable bonds is 2. The number of hydrogen-bond acceptors (Lipinski definition) is 3. The van der Waals surface area contributed by atoms with Gasteiger partial charge < -0.3 is 9.72 Å². The van der Waals surface area contributed by atoms with Crippen LogP contribution in [-0.2, 0) is 4.74 Å². The normalized spacial score (nSPS) is 24.4. The predicted octanol–water partition coefficient (Wildman–Crippen LogP) is 3.25. The number of hydrogen-bond donors (Lipinski definition) is 1. The number of allylic oxidation sites excluding steroid dienone is 1. The third-order valence-electron chi connectivity index (χ3n) is 4.49. The lowest BCUT2D eigenvalue weighted by Gasteiger charge is -2.14. The maximum absolute atomic E-state index is 5.19. The number of fused-ring (bicyclic) bond motifs is 3. The van der Waals surface area contributed by atoms with Crippen LogP contribution in [0.15, 0.2) is 36.5 Å². The third-order valence-corrected chi connectivity index (χ3v) is 4.49. The van der Waals surface area contributed by atoms with E-state index in [1.165, 1.54) is 11.3 Å². The van der Waals surface area contributed by atoms with E-state index in [4.69, 9.17) is 4.74 Å². The minimum atomic E-state index is 0.474. The van der Waals surface area contributed by atoms with Gasteiger partial charge in [-0.25, -0.2) is 9.97 Å². The number of methoxy groups -OCH3 is 1. The van der Waals surface area contributed by atoms with Gasteiger partial charge >= 0.3 is 0 Å². The zero-order valence-electron chi connectivity index (χ0n) is 12.2. The Morgan fingerprint density at radius 3 is 3.10 bits per heavy atom. The molecular weight excluding hydrogens is 264 g/mol. The van der Waals surface area contributed by atoms with Crippen molar-refractivity contribution in [2.24, 2.45) is 5.92 Å². The van der Waals surface area contributed by atoms with Crippen molar-refractivity contribution in [2.45, 2.75) is 25.7 Å². The van der Waals surface area contributed by atoms with Crippen LogP contribution < -0.4 is 0 Å². The Balaban J connectivity index is 1.87. The van der Waals surface area contributed by atoms with Crippen molar-refractivity contribution in [3.63, 3.8) is 0 Å². The third kappa shape index (κ3) is 1.84. The van der Waals surface area contributed by atoms with Crippen molar-refractivity contribution in [1.82, 2.24) is 19.4 Å². The molecule has 1 aliphatic rings. The summed E-state index contributed by atoms with van der Waals surface area (Å²) in [7, 11) is 1.72. The molecule has 1 N–H and O–H groups in total. The largest absolute Gasteiger partial charge is 0.504 e. The molecule has 3 aromatic heterocycles. The highest BCUT2D eigenvalue weighted by Crippen LogP contribution is 2.42. The second-order valence-electron chi connectivity index (χ2n) is 5.85. The SMILES string of the molecule is CO/C=C1/CC(C)C(c2cnc3cnc4[nH]ccc4n23)C1. The number of nitrogens with zero attached hydrogens (tertiary/aromatic N) is 3. The lowest BCUT2D eigenvalue weighted by Crippen LogP contribution is -2.06. The van der Waals surface area contributed by atoms with Crippen LogP contribution in [0, 0.1) is 5.92 Å². The van der Waals surface area contributed by atoms with Crippen LogP contribution in [0.1, 0.15) is 31.4 Å². The molecular formula is C16H18N4O. The maximum Gasteiger partial charge on any atom is 0.156 e. The van der Waals surface area contributed by atoms with Crippen LogP contribution in [0.3, 0.4) is 0 Å². The molecule has 1 aliphatic carbocycles. The first-order valence-electron chi connectivity index (χ1n) is 7.28. The zero-order valence-corrected chi connectivity index (χ0v) is 12.2. The van der Waals surface area contributed by atoms with Gasteiger partial charge in [0.2, 0.25) is 0 Å². The summed E-state index contributed by atoms with van der Waals surface area (Å²) < 4.78 is 7.42. The van der Waals surface area contributed by atoms with Gasteiger partial charge in [0, 0.05) is 24.0 Å².